The second-order valence-corrected chi connectivity index (χ2v) is 7.12. The molecule has 1 unspecified atom stereocenters. The average molecular weight is 307 g/mol. The van der Waals surface area contributed by atoms with Gasteiger partial charge in [0, 0.05) is 35.5 Å². The third-order valence-corrected chi connectivity index (χ3v) is 4.44. The summed E-state index contributed by atoms with van der Waals surface area (Å²) in [4.78, 5) is 3.68. The fourth-order valence-electron chi connectivity index (χ4n) is 1.19. The number of thiocarbonyl (C=S) groups is 1. The summed E-state index contributed by atoms with van der Waals surface area (Å²) >= 11 is 4.75. The topological polar surface area (TPSA) is 102 Å². The molecular formula is C9H13N3O3S3. The molecule has 0 saturated carbocycles. The number of sulfonamides is 1. The third kappa shape index (κ3) is 4.09. The lowest BCUT2D eigenvalue weighted by molar-refractivity contribution is 0.583. The Labute approximate surface area is 113 Å². The SMILES string of the molecule is CS(=O)CCNS(=O)(=O)c1cccnc1C(N)=S. The number of nitrogens with zero attached hydrogens (tertiary/aromatic N) is 1. The van der Waals surface area contributed by atoms with E-state index in [1.54, 1.807) is 0 Å². The number of nitrogens with one attached hydrogen (secondary N) is 1. The van der Waals surface area contributed by atoms with E-state index in [2.05, 4.69) is 9.71 Å². The predicted octanol–water partition coefficient (Wildman–Crippen LogP) is -0.627. The zero-order valence-corrected chi connectivity index (χ0v) is 12.1. The summed E-state index contributed by atoms with van der Waals surface area (Å²) in [7, 11) is -4.81. The van der Waals surface area contributed by atoms with Crippen LogP contribution in [-0.2, 0) is 20.8 Å². The smallest absolute Gasteiger partial charge is 0.242 e. The van der Waals surface area contributed by atoms with Crippen LogP contribution in [0, 0.1) is 0 Å². The van der Waals surface area contributed by atoms with Crippen LogP contribution < -0.4 is 10.5 Å². The number of hydrogen-bond acceptors (Lipinski definition) is 5. The molecule has 0 bridgehead atoms. The zero-order valence-electron chi connectivity index (χ0n) is 9.62. The predicted molar refractivity (Wildman–Crippen MR) is 74.2 cm³/mol. The molecule has 0 aliphatic heterocycles. The summed E-state index contributed by atoms with van der Waals surface area (Å²) in [5.41, 5.74) is 5.47. The molecule has 0 aromatic carbocycles. The van der Waals surface area contributed by atoms with E-state index in [4.69, 9.17) is 18.0 Å². The monoisotopic (exact) mass is 307 g/mol. The van der Waals surface area contributed by atoms with Gasteiger partial charge in [0.1, 0.15) is 15.6 Å². The molecule has 6 nitrogen and oxygen atoms in total. The van der Waals surface area contributed by atoms with E-state index in [9.17, 15) is 12.6 Å². The largest absolute Gasteiger partial charge is 0.388 e. The van der Waals surface area contributed by atoms with Crippen molar-refractivity contribution >= 4 is 38.0 Å². The highest BCUT2D eigenvalue weighted by molar-refractivity contribution is 7.89. The maximum atomic E-state index is 12.0. The van der Waals surface area contributed by atoms with E-state index in [0.29, 0.717) is 0 Å². The first-order valence-corrected chi connectivity index (χ1v) is 8.51. The van der Waals surface area contributed by atoms with Gasteiger partial charge in [-0.2, -0.15) is 0 Å². The van der Waals surface area contributed by atoms with Crippen LogP contribution in [0.3, 0.4) is 0 Å². The second kappa shape index (κ2) is 6.32. The van der Waals surface area contributed by atoms with Gasteiger partial charge in [0.05, 0.1) is 0 Å². The Balaban J connectivity index is 2.98. The molecule has 0 aliphatic carbocycles. The van der Waals surface area contributed by atoms with Crippen molar-refractivity contribution in [2.24, 2.45) is 5.73 Å². The Kier molecular flexibility index (Phi) is 5.32. The molecule has 9 heteroatoms. The second-order valence-electron chi connectivity index (χ2n) is 3.39. The summed E-state index contributed by atoms with van der Waals surface area (Å²) in [6, 6.07) is 2.85. The van der Waals surface area contributed by atoms with Crippen LogP contribution in [0.5, 0.6) is 0 Å². The van der Waals surface area contributed by atoms with Gasteiger partial charge in [-0.15, -0.1) is 0 Å². The highest BCUT2D eigenvalue weighted by Crippen LogP contribution is 2.12. The van der Waals surface area contributed by atoms with Crippen molar-refractivity contribution < 1.29 is 12.6 Å². The van der Waals surface area contributed by atoms with Crippen molar-refractivity contribution in [2.75, 3.05) is 18.6 Å². The van der Waals surface area contributed by atoms with Crippen LogP contribution in [0.4, 0.5) is 0 Å². The number of hydrogen-bond donors (Lipinski definition) is 2. The number of nitrogens with two attached hydrogens (primary N) is 1. The summed E-state index contributed by atoms with van der Waals surface area (Å²) in [6.07, 6.45) is 2.91. The van der Waals surface area contributed by atoms with Crippen molar-refractivity contribution in [3.63, 3.8) is 0 Å². The number of rotatable bonds is 6. The van der Waals surface area contributed by atoms with Crippen molar-refractivity contribution in [2.45, 2.75) is 4.90 Å². The van der Waals surface area contributed by atoms with Crippen molar-refractivity contribution in [3.8, 4) is 0 Å². The van der Waals surface area contributed by atoms with E-state index in [-0.39, 0.29) is 27.9 Å². The van der Waals surface area contributed by atoms with E-state index >= 15 is 0 Å². The molecule has 0 amide bonds. The molecule has 1 aromatic heterocycles. The van der Waals surface area contributed by atoms with Gasteiger partial charge < -0.3 is 5.73 Å². The molecule has 3 N–H and O–H groups in total. The molecule has 1 atom stereocenters. The van der Waals surface area contributed by atoms with Crippen LogP contribution in [0.2, 0.25) is 0 Å². The van der Waals surface area contributed by atoms with E-state index < -0.39 is 20.8 Å². The normalized spacial score (nSPS) is 13.2. The van der Waals surface area contributed by atoms with E-state index in [1.165, 1.54) is 24.6 Å². The van der Waals surface area contributed by atoms with Gasteiger partial charge in [-0.05, 0) is 12.1 Å². The minimum absolute atomic E-state index is 0.0534. The third-order valence-electron chi connectivity index (χ3n) is 1.98. The van der Waals surface area contributed by atoms with Gasteiger partial charge >= 0.3 is 0 Å². The van der Waals surface area contributed by atoms with Gasteiger partial charge in [-0.1, -0.05) is 12.2 Å². The van der Waals surface area contributed by atoms with Crippen LogP contribution in [0.1, 0.15) is 5.69 Å². The number of aromatic nitrogens is 1. The van der Waals surface area contributed by atoms with Gasteiger partial charge in [0.15, 0.2) is 0 Å². The molecule has 1 rings (SSSR count). The molecule has 18 heavy (non-hydrogen) atoms. The quantitative estimate of drug-likeness (QED) is 0.679. The molecule has 100 valence electrons. The van der Waals surface area contributed by atoms with Gasteiger partial charge in [0.25, 0.3) is 0 Å². The Morgan fingerprint density at radius 1 is 1.61 bits per heavy atom. The maximum absolute atomic E-state index is 12.0. The van der Waals surface area contributed by atoms with Crippen molar-refractivity contribution in [1.29, 1.82) is 0 Å². The summed E-state index contributed by atoms with van der Waals surface area (Å²) in [5.74, 6) is 0.238. The van der Waals surface area contributed by atoms with Crippen molar-refractivity contribution in [1.82, 2.24) is 9.71 Å². The van der Waals surface area contributed by atoms with E-state index in [0.717, 1.165) is 0 Å². The molecule has 0 spiro atoms. The molecule has 0 aliphatic rings. The summed E-state index contributed by atoms with van der Waals surface area (Å²) in [5, 5.41) is 0. The van der Waals surface area contributed by atoms with E-state index in [1.807, 2.05) is 0 Å². The van der Waals surface area contributed by atoms with Gasteiger partial charge in [-0.25, -0.2) is 13.1 Å². The maximum Gasteiger partial charge on any atom is 0.242 e. The Bertz CT molecular complexity index is 571. The van der Waals surface area contributed by atoms with Crippen molar-refractivity contribution in [3.05, 3.63) is 24.0 Å². The van der Waals surface area contributed by atoms with Crippen LogP contribution in [-0.4, -0.2) is 41.2 Å². The van der Waals surface area contributed by atoms with Crippen LogP contribution in [0.25, 0.3) is 0 Å². The molecule has 0 saturated heterocycles. The summed E-state index contributed by atoms with van der Waals surface area (Å²) in [6.45, 7) is 0.0805. The molecule has 1 heterocycles. The minimum atomic E-state index is -3.75. The Hall–Kier alpha value is -0.900. The fraction of sp³-hybridized carbons (Fsp3) is 0.333. The lowest BCUT2D eigenvalue weighted by Gasteiger charge is -2.09. The number of pyridine rings is 1. The van der Waals surface area contributed by atoms with Gasteiger partial charge in [-0.3, -0.25) is 9.19 Å². The first-order chi connectivity index (χ1) is 8.34. The lowest BCUT2D eigenvalue weighted by Crippen LogP contribution is -2.30. The highest BCUT2D eigenvalue weighted by atomic mass is 32.2. The first-order valence-electron chi connectivity index (χ1n) is 4.89. The Morgan fingerprint density at radius 3 is 2.83 bits per heavy atom. The Morgan fingerprint density at radius 2 is 2.28 bits per heavy atom. The van der Waals surface area contributed by atoms with Crippen LogP contribution >= 0.6 is 12.2 Å². The molecule has 0 fully saturated rings. The van der Waals surface area contributed by atoms with Gasteiger partial charge in [0.2, 0.25) is 10.0 Å². The zero-order chi connectivity index (χ0) is 13.8. The first kappa shape index (κ1) is 15.2. The standard InChI is InChI=1S/C9H13N3O3S3/c1-17(13)6-5-12-18(14,15)7-3-2-4-11-8(7)9(10)16/h2-4,12H,5-6H2,1H3,(H2,10,16). The lowest BCUT2D eigenvalue weighted by atomic mass is 10.3. The van der Waals surface area contributed by atoms with Crippen LogP contribution in [0.15, 0.2) is 23.2 Å². The minimum Gasteiger partial charge on any atom is -0.388 e. The molecular weight excluding hydrogens is 294 g/mol. The fourth-order valence-corrected chi connectivity index (χ4v) is 3.14. The molecule has 1 aromatic rings. The average Bonchev–Trinajstić information content (AvgIpc) is 2.28. The summed E-state index contributed by atoms with van der Waals surface area (Å²) < 4.78 is 37.1. The molecule has 0 radical (unpaired) electrons. The highest BCUT2D eigenvalue weighted by Gasteiger charge is 2.20.